The van der Waals surface area contributed by atoms with Gasteiger partial charge >= 0.3 is 0 Å². The summed E-state index contributed by atoms with van der Waals surface area (Å²) in [6, 6.07) is 24.5. The summed E-state index contributed by atoms with van der Waals surface area (Å²) in [6.45, 7) is 3.40. The average Bonchev–Trinajstić information content (AvgIpc) is 3.44. The van der Waals surface area contributed by atoms with Crippen LogP contribution in [0.25, 0.3) is 17.1 Å². The summed E-state index contributed by atoms with van der Waals surface area (Å²) in [5.74, 6) is 2.26. The molecule has 5 rings (SSSR count). The molecule has 2 amide bonds. The van der Waals surface area contributed by atoms with Gasteiger partial charge in [-0.1, -0.05) is 42.1 Å². The van der Waals surface area contributed by atoms with Gasteiger partial charge in [0.1, 0.15) is 11.5 Å². The lowest BCUT2D eigenvalue weighted by Gasteiger charge is -2.40. The Balaban J connectivity index is 1.27. The van der Waals surface area contributed by atoms with E-state index in [2.05, 4.69) is 10.2 Å². The summed E-state index contributed by atoms with van der Waals surface area (Å²) >= 11 is 1.35. The van der Waals surface area contributed by atoms with Crippen molar-refractivity contribution in [2.45, 2.75) is 18.1 Å². The molecule has 1 atom stereocenters. The number of piperazine rings is 1. The number of hydrogen-bond donors (Lipinski definition) is 0. The van der Waals surface area contributed by atoms with Crippen LogP contribution in [0.2, 0.25) is 0 Å². The van der Waals surface area contributed by atoms with Crippen molar-refractivity contribution in [3.63, 3.8) is 0 Å². The predicted octanol–water partition coefficient (Wildman–Crippen LogP) is 4.42. The predicted molar refractivity (Wildman–Crippen MR) is 154 cm³/mol. The standard InChI is InChI=1S/C30H31N5O4S/c1-21-19-33(16-17-34(21)29(37)22-12-14-25(38-2)15-13-22)27(36)20-40-30-32-31-28(23-8-7-11-26(18-23)39-3)35(30)24-9-5-4-6-10-24/h4-15,18,21H,16-17,19-20H2,1-3H3. The second-order valence-corrected chi connectivity index (χ2v) is 10.4. The van der Waals surface area contributed by atoms with E-state index in [1.54, 1.807) is 38.5 Å². The van der Waals surface area contributed by atoms with Gasteiger partial charge in [0, 0.05) is 42.5 Å². The molecule has 2 heterocycles. The molecule has 1 fully saturated rings. The minimum atomic E-state index is -0.107. The molecule has 1 unspecified atom stereocenters. The molecule has 1 aliphatic rings. The van der Waals surface area contributed by atoms with E-state index in [0.29, 0.717) is 41.9 Å². The average molecular weight is 558 g/mol. The maximum Gasteiger partial charge on any atom is 0.254 e. The van der Waals surface area contributed by atoms with Crippen molar-refractivity contribution in [2.24, 2.45) is 0 Å². The summed E-state index contributed by atoms with van der Waals surface area (Å²) in [5.41, 5.74) is 2.37. The fraction of sp³-hybridized carbons (Fsp3) is 0.267. The SMILES string of the molecule is COc1ccc(C(=O)N2CCN(C(=O)CSc3nnc(-c4cccc(OC)c4)n3-c3ccccc3)CC2C)cc1. The number of amides is 2. The smallest absolute Gasteiger partial charge is 0.254 e. The Morgan fingerprint density at radius 3 is 2.35 bits per heavy atom. The lowest BCUT2D eigenvalue weighted by Crippen LogP contribution is -2.55. The van der Waals surface area contributed by atoms with Crippen LogP contribution in [0, 0.1) is 0 Å². The van der Waals surface area contributed by atoms with Gasteiger partial charge in [-0.3, -0.25) is 14.2 Å². The second kappa shape index (κ2) is 12.3. The minimum Gasteiger partial charge on any atom is -0.497 e. The van der Waals surface area contributed by atoms with Crippen molar-refractivity contribution < 1.29 is 19.1 Å². The first-order valence-electron chi connectivity index (χ1n) is 13.0. The fourth-order valence-electron chi connectivity index (χ4n) is 4.73. The number of nitrogens with zero attached hydrogens (tertiary/aromatic N) is 5. The zero-order chi connectivity index (χ0) is 28.1. The quantitative estimate of drug-likeness (QED) is 0.296. The van der Waals surface area contributed by atoms with Gasteiger partial charge in [0.2, 0.25) is 5.91 Å². The highest BCUT2D eigenvalue weighted by atomic mass is 32.2. The fourth-order valence-corrected chi connectivity index (χ4v) is 5.58. The van der Waals surface area contributed by atoms with Gasteiger partial charge in [-0.2, -0.15) is 0 Å². The summed E-state index contributed by atoms with van der Waals surface area (Å²) in [4.78, 5) is 30.0. The maximum absolute atomic E-state index is 13.3. The molecule has 10 heteroatoms. The second-order valence-electron chi connectivity index (χ2n) is 9.41. The number of ether oxygens (including phenoxy) is 2. The highest BCUT2D eigenvalue weighted by molar-refractivity contribution is 7.99. The van der Waals surface area contributed by atoms with Gasteiger partial charge in [0.15, 0.2) is 11.0 Å². The number of methoxy groups -OCH3 is 2. The molecule has 9 nitrogen and oxygen atoms in total. The number of rotatable bonds is 8. The molecule has 4 aromatic rings. The van der Waals surface area contributed by atoms with E-state index in [4.69, 9.17) is 9.47 Å². The molecule has 40 heavy (non-hydrogen) atoms. The summed E-state index contributed by atoms with van der Waals surface area (Å²) < 4.78 is 12.5. The van der Waals surface area contributed by atoms with Gasteiger partial charge in [0.05, 0.1) is 20.0 Å². The molecule has 3 aromatic carbocycles. The monoisotopic (exact) mass is 557 g/mol. The van der Waals surface area contributed by atoms with Crippen molar-refractivity contribution in [1.29, 1.82) is 0 Å². The highest BCUT2D eigenvalue weighted by Gasteiger charge is 2.30. The Labute approximate surface area is 237 Å². The van der Waals surface area contributed by atoms with Crippen LogP contribution in [0.15, 0.2) is 84.0 Å². The van der Waals surface area contributed by atoms with Gasteiger partial charge in [-0.15, -0.1) is 10.2 Å². The molecule has 1 saturated heterocycles. The van der Waals surface area contributed by atoms with Crippen LogP contribution in [-0.4, -0.2) is 82.0 Å². The van der Waals surface area contributed by atoms with Crippen LogP contribution < -0.4 is 9.47 Å². The molecular formula is C30H31N5O4S. The third-order valence-electron chi connectivity index (χ3n) is 6.88. The molecule has 1 aromatic heterocycles. The minimum absolute atomic E-state index is 0.000983. The van der Waals surface area contributed by atoms with Crippen molar-refractivity contribution in [3.05, 3.63) is 84.4 Å². The van der Waals surface area contributed by atoms with Crippen LogP contribution >= 0.6 is 11.8 Å². The molecule has 0 aliphatic carbocycles. The first kappa shape index (κ1) is 27.3. The Morgan fingerprint density at radius 2 is 1.65 bits per heavy atom. The number of thioether (sulfide) groups is 1. The van der Waals surface area contributed by atoms with E-state index in [0.717, 1.165) is 17.0 Å². The lowest BCUT2D eigenvalue weighted by molar-refractivity contribution is -0.130. The Morgan fingerprint density at radius 1 is 0.900 bits per heavy atom. The molecule has 0 spiro atoms. The van der Waals surface area contributed by atoms with E-state index in [9.17, 15) is 9.59 Å². The molecule has 0 N–H and O–H groups in total. The number of para-hydroxylation sites is 1. The number of carbonyl (C=O) groups excluding carboxylic acids is 2. The Hall–Kier alpha value is -4.31. The number of carbonyl (C=O) groups is 2. The largest absolute Gasteiger partial charge is 0.497 e. The summed E-state index contributed by atoms with van der Waals surface area (Å²) in [5, 5.41) is 9.53. The van der Waals surface area contributed by atoms with Crippen LogP contribution in [-0.2, 0) is 4.79 Å². The van der Waals surface area contributed by atoms with Crippen molar-refractivity contribution in [3.8, 4) is 28.6 Å². The van der Waals surface area contributed by atoms with Gasteiger partial charge < -0.3 is 19.3 Å². The van der Waals surface area contributed by atoms with Gasteiger partial charge in [-0.05, 0) is 55.5 Å². The number of hydrogen-bond acceptors (Lipinski definition) is 7. The third kappa shape index (κ3) is 5.81. The van der Waals surface area contributed by atoms with Crippen LogP contribution in [0.3, 0.4) is 0 Å². The molecule has 0 saturated carbocycles. The van der Waals surface area contributed by atoms with Crippen LogP contribution in [0.4, 0.5) is 0 Å². The third-order valence-corrected chi connectivity index (χ3v) is 7.79. The van der Waals surface area contributed by atoms with E-state index in [-0.39, 0.29) is 23.6 Å². The first-order valence-corrected chi connectivity index (χ1v) is 14.0. The lowest BCUT2D eigenvalue weighted by atomic mass is 10.1. The van der Waals surface area contributed by atoms with E-state index in [1.807, 2.05) is 75.9 Å². The Bertz CT molecular complexity index is 1480. The maximum atomic E-state index is 13.3. The van der Waals surface area contributed by atoms with Crippen LogP contribution in [0.5, 0.6) is 11.5 Å². The van der Waals surface area contributed by atoms with E-state index >= 15 is 0 Å². The van der Waals surface area contributed by atoms with Gasteiger partial charge in [-0.25, -0.2) is 0 Å². The molecule has 1 aliphatic heterocycles. The van der Waals surface area contributed by atoms with Crippen molar-refractivity contribution >= 4 is 23.6 Å². The van der Waals surface area contributed by atoms with Crippen molar-refractivity contribution in [2.75, 3.05) is 39.6 Å². The molecule has 0 radical (unpaired) electrons. The van der Waals surface area contributed by atoms with Crippen molar-refractivity contribution in [1.82, 2.24) is 24.6 Å². The van der Waals surface area contributed by atoms with Gasteiger partial charge in [0.25, 0.3) is 5.91 Å². The number of benzene rings is 3. The normalized spacial score (nSPS) is 15.1. The zero-order valence-electron chi connectivity index (χ0n) is 22.7. The topological polar surface area (TPSA) is 89.8 Å². The first-order chi connectivity index (χ1) is 19.5. The molecule has 0 bridgehead atoms. The number of aromatic nitrogens is 3. The summed E-state index contributed by atoms with van der Waals surface area (Å²) in [6.07, 6.45) is 0. The summed E-state index contributed by atoms with van der Waals surface area (Å²) in [7, 11) is 3.22. The van der Waals surface area contributed by atoms with Crippen LogP contribution in [0.1, 0.15) is 17.3 Å². The Kier molecular flexibility index (Phi) is 8.35. The zero-order valence-corrected chi connectivity index (χ0v) is 23.5. The van der Waals surface area contributed by atoms with E-state index in [1.165, 1.54) is 11.8 Å². The van der Waals surface area contributed by atoms with E-state index < -0.39 is 0 Å². The molecule has 206 valence electrons. The molecular weight excluding hydrogens is 526 g/mol. The highest BCUT2D eigenvalue weighted by Crippen LogP contribution is 2.30.